The molecule has 0 saturated carbocycles. The summed E-state index contributed by atoms with van der Waals surface area (Å²) in [6.07, 6.45) is 0. The van der Waals surface area contributed by atoms with Crippen molar-refractivity contribution in [2.75, 3.05) is 19.1 Å². The molecule has 6 heteroatoms. The lowest BCUT2D eigenvalue weighted by atomic mass is 10.2. The molecule has 0 fully saturated rings. The van der Waals surface area contributed by atoms with Gasteiger partial charge in [-0.05, 0) is 48.5 Å². The van der Waals surface area contributed by atoms with Crippen LogP contribution >= 0.6 is 27.3 Å². The number of carbonyl (C=O) groups is 1. The van der Waals surface area contributed by atoms with E-state index < -0.39 is 0 Å². The number of rotatable bonds is 3. The first-order chi connectivity index (χ1) is 12.5. The Morgan fingerprint density at radius 1 is 1.08 bits per heavy atom. The van der Waals surface area contributed by atoms with Gasteiger partial charge in [0.25, 0.3) is 5.91 Å². The number of fused-ring (bicyclic) bond motifs is 2. The number of methoxy groups -OCH3 is 1. The molecule has 0 aliphatic carbocycles. The number of carbonyl (C=O) groups excluding carboxylic acids is 1. The molecule has 0 atom stereocenters. The highest BCUT2D eigenvalue weighted by Crippen LogP contribution is 2.30. The van der Waals surface area contributed by atoms with Crippen LogP contribution in [0.15, 0.2) is 59.1 Å². The van der Waals surface area contributed by atoms with Gasteiger partial charge >= 0.3 is 0 Å². The number of anilines is 1. The third-order valence-electron chi connectivity index (χ3n) is 4.24. The van der Waals surface area contributed by atoms with Crippen LogP contribution in [0.4, 0.5) is 5.69 Å². The molecule has 0 radical (unpaired) electrons. The summed E-state index contributed by atoms with van der Waals surface area (Å²) >= 11 is 4.82. The van der Waals surface area contributed by atoms with E-state index in [0.29, 0.717) is 4.88 Å². The third kappa shape index (κ3) is 3.06. The van der Waals surface area contributed by atoms with Crippen LogP contribution in [0.5, 0.6) is 5.75 Å². The number of hydrogen-bond acceptors (Lipinski definition) is 4. The van der Waals surface area contributed by atoms with Gasteiger partial charge in [-0.15, -0.1) is 11.3 Å². The number of amides is 1. The first-order valence-electron chi connectivity index (χ1n) is 7.97. The van der Waals surface area contributed by atoms with E-state index in [1.54, 1.807) is 19.1 Å². The summed E-state index contributed by atoms with van der Waals surface area (Å²) in [7, 11) is 3.42. The minimum atomic E-state index is -0.0445. The summed E-state index contributed by atoms with van der Waals surface area (Å²) in [6, 6.07) is 17.4. The summed E-state index contributed by atoms with van der Waals surface area (Å²) in [5.74, 6) is 0.726. The van der Waals surface area contributed by atoms with Crippen molar-refractivity contribution in [2.24, 2.45) is 0 Å². The van der Waals surface area contributed by atoms with Crippen molar-refractivity contribution < 1.29 is 9.53 Å². The molecule has 0 unspecified atom stereocenters. The molecule has 0 saturated heterocycles. The Bertz CT molecular complexity index is 1120. The normalized spacial score (nSPS) is 11.0. The van der Waals surface area contributed by atoms with Crippen LogP contribution in [0.1, 0.15) is 9.67 Å². The number of pyridine rings is 1. The molecule has 0 N–H and O–H groups in total. The second kappa shape index (κ2) is 6.70. The Hall–Kier alpha value is -2.44. The van der Waals surface area contributed by atoms with Crippen molar-refractivity contribution in [3.8, 4) is 5.75 Å². The Labute approximate surface area is 163 Å². The molecule has 2 aromatic heterocycles. The molecule has 0 aliphatic rings. The first-order valence-corrected chi connectivity index (χ1v) is 9.58. The zero-order valence-corrected chi connectivity index (χ0v) is 16.6. The Morgan fingerprint density at radius 3 is 2.58 bits per heavy atom. The predicted molar refractivity (Wildman–Crippen MR) is 111 cm³/mol. The van der Waals surface area contributed by atoms with Gasteiger partial charge in [0.1, 0.15) is 10.6 Å². The number of ether oxygens (including phenoxy) is 1. The van der Waals surface area contributed by atoms with Gasteiger partial charge in [0.2, 0.25) is 0 Å². The van der Waals surface area contributed by atoms with E-state index >= 15 is 0 Å². The number of benzene rings is 2. The third-order valence-corrected chi connectivity index (χ3v) is 5.80. The summed E-state index contributed by atoms with van der Waals surface area (Å²) in [4.78, 5) is 20.7. The molecule has 4 aromatic rings. The molecular weight excluding hydrogens is 412 g/mol. The van der Waals surface area contributed by atoms with Gasteiger partial charge in [-0.25, -0.2) is 4.98 Å². The van der Waals surface area contributed by atoms with Gasteiger partial charge in [-0.3, -0.25) is 4.79 Å². The fourth-order valence-corrected chi connectivity index (χ4v) is 4.05. The molecule has 26 heavy (non-hydrogen) atoms. The van der Waals surface area contributed by atoms with Crippen LogP contribution in [-0.2, 0) is 0 Å². The van der Waals surface area contributed by atoms with E-state index in [-0.39, 0.29) is 5.91 Å². The quantitative estimate of drug-likeness (QED) is 0.434. The molecule has 2 heterocycles. The van der Waals surface area contributed by atoms with Crippen molar-refractivity contribution in [2.45, 2.75) is 0 Å². The van der Waals surface area contributed by atoms with E-state index in [1.165, 1.54) is 11.3 Å². The Balaban J connectivity index is 1.72. The number of thiophene rings is 1. The van der Waals surface area contributed by atoms with Crippen molar-refractivity contribution in [1.29, 1.82) is 0 Å². The predicted octanol–water partition coefficient (Wildman–Crippen LogP) is 5.50. The topological polar surface area (TPSA) is 42.4 Å². The average molecular weight is 427 g/mol. The monoisotopic (exact) mass is 426 g/mol. The first kappa shape index (κ1) is 17.0. The second-order valence-corrected chi connectivity index (χ2v) is 7.84. The molecule has 2 aromatic carbocycles. The molecule has 0 aliphatic heterocycles. The fraction of sp³-hybridized carbons (Fsp3) is 0.100. The summed E-state index contributed by atoms with van der Waals surface area (Å²) < 4.78 is 6.25. The highest BCUT2D eigenvalue weighted by Gasteiger charge is 2.17. The van der Waals surface area contributed by atoms with Crippen LogP contribution < -0.4 is 9.64 Å². The molecular formula is C20H15BrN2O2S. The van der Waals surface area contributed by atoms with Crippen molar-refractivity contribution in [1.82, 2.24) is 4.98 Å². The highest BCUT2D eigenvalue weighted by molar-refractivity contribution is 9.10. The number of nitrogens with zero attached hydrogens (tertiary/aromatic N) is 2. The lowest BCUT2D eigenvalue weighted by molar-refractivity contribution is 0.0997. The zero-order valence-electron chi connectivity index (χ0n) is 14.2. The average Bonchev–Trinajstić information content (AvgIpc) is 3.07. The van der Waals surface area contributed by atoms with Gasteiger partial charge in [-0.1, -0.05) is 15.9 Å². The SMILES string of the molecule is COc1ccc2cc3cc(C(=O)N(C)c4ccc(Br)cc4)sc3nc2c1. The van der Waals surface area contributed by atoms with Crippen LogP contribution in [0.2, 0.25) is 0 Å². The summed E-state index contributed by atoms with van der Waals surface area (Å²) in [6.45, 7) is 0. The number of halogens is 1. The minimum Gasteiger partial charge on any atom is -0.497 e. The van der Waals surface area contributed by atoms with Crippen molar-refractivity contribution in [3.63, 3.8) is 0 Å². The van der Waals surface area contributed by atoms with E-state index in [9.17, 15) is 4.79 Å². The highest BCUT2D eigenvalue weighted by atomic mass is 79.9. The zero-order chi connectivity index (χ0) is 18.3. The van der Waals surface area contributed by atoms with E-state index in [1.807, 2.05) is 48.5 Å². The maximum Gasteiger partial charge on any atom is 0.268 e. The molecule has 0 spiro atoms. The Morgan fingerprint density at radius 2 is 1.85 bits per heavy atom. The smallest absolute Gasteiger partial charge is 0.268 e. The maximum absolute atomic E-state index is 12.9. The lowest BCUT2D eigenvalue weighted by Gasteiger charge is -2.16. The lowest BCUT2D eigenvalue weighted by Crippen LogP contribution is -2.25. The standard InChI is InChI=1S/C20H15BrN2O2S/c1-23(15-6-4-14(21)5-7-15)20(24)18-10-13-9-12-3-8-16(25-2)11-17(12)22-19(13)26-18/h3-11H,1-2H3. The van der Waals surface area contributed by atoms with Gasteiger partial charge < -0.3 is 9.64 Å². The molecule has 130 valence electrons. The van der Waals surface area contributed by atoms with Gasteiger partial charge in [0.05, 0.1) is 17.5 Å². The van der Waals surface area contributed by atoms with Gasteiger partial charge in [0.15, 0.2) is 0 Å². The molecule has 1 amide bonds. The van der Waals surface area contributed by atoms with Crippen molar-refractivity contribution >= 4 is 60.0 Å². The molecule has 4 rings (SSSR count). The van der Waals surface area contributed by atoms with Crippen LogP contribution in [0.3, 0.4) is 0 Å². The molecule has 0 bridgehead atoms. The van der Waals surface area contributed by atoms with Gasteiger partial charge in [0, 0.05) is 34.0 Å². The maximum atomic E-state index is 12.9. The summed E-state index contributed by atoms with van der Waals surface area (Å²) in [5.41, 5.74) is 1.71. The molecule has 4 nitrogen and oxygen atoms in total. The number of aromatic nitrogens is 1. The second-order valence-electron chi connectivity index (χ2n) is 5.89. The van der Waals surface area contributed by atoms with Crippen molar-refractivity contribution in [3.05, 3.63) is 63.9 Å². The largest absolute Gasteiger partial charge is 0.497 e. The fourth-order valence-electron chi connectivity index (χ4n) is 2.79. The van der Waals surface area contributed by atoms with E-state index in [4.69, 9.17) is 9.72 Å². The van der Waals surface area contributed by atoms with Crippen LogP contribution in [-0.4, -0.2) is 25.0 Å². The van der Waals surface area contributed by atoms with Crippen LogP contribution in [0.25, 0.3) is 21.1 Å². The van der Waals surface area contributed by atoms with Gasteiger partial charge in [-0.2, -0.15) is 0 Å². The van der Waals surface area contributed by atoms with Crippen LogP contribution in [0, 0.1) is 0 Å². The van der Waals surface area contributed by atoms with E-state index in [2.05, 4.69) is 22.0 Å². The summed E-state index contributed by atoms with van der Waals surface area (Å²) in [5, 5.41) is 2.00. The van der Waals surface area contributed by atoms with E-state index in [0.717, 1.165) is 37.0 Å². The Kier molecular flexibility index (Phi) is 4.38. The number of hydrogen-bond donors (Lipinski definition) is 0. The minimum absolute atomic E-state index is 0.0445.